The summed E-state index contributed by atoms with van der Waals surface area (Å²) in [6, 6.07) is 27.9. The van der Waals surface area contributed by atoms with Crippen LogP contribution in [0.15, 0.2) is 97.6 Å². The van der Waals surface area contributed by atoms with Crippen molar-refractivity contribution in [3.8, 4) is 0 Å². The predicted octanol–water partition coefficient (Wildman–Crippen LogP) is 12.5. The highest BCUT2D eigenvalue weighted by Crippen LogP contribution is 2.26. The Bertz CT molecular complexity index is 1440. The molecule has 2 N–H and O–H groups in total. The van der Waals surface area contributed by atoms with Crippen LogP contribution in [-0.2, 0) is 25.7 Å². The van der Waals surface area contributed by atoms with Crippen LogP contribution >= 0.6 is 0 Å². The summed E-state index contributed by atoms with van der Waals surface area (Å²) in [5.41, 5.74) is 8.82. The van der Waals surface area contributed by atoms with Gasteiger partial charge in [0.1, 0.15) is 0 Å². The molecule has 2 aromatic heterocycles. The fraction of sp³-hybridized carbons (Fsp3) is 0.465. The summed E-state index contributed by atoms with van der Waals surface area (Å²) >= 11 is 0. The van der Waals surface area contributed by atoms with Gasteiger partial charge in [-0.15, -0.1) is 0 Å². The quantitative estimate of drug-likeness (QED) is 0.194. The first-order valence-electron chi connectivity index (χ1n) is 16.7. The molecule has 0 bridgehead atoms. The van der Waals surface area contributed by atoms with Crippen LogP contribution in [-0.4, -0.2) is 15.0 Å². The van der Waals surface area contributed by atoms with Gasteiger partial charge in [-0.05, 0) is 78.0 Å². The van der Waals surface area contributed by atoms with E-state index in [2.05, 4.69) is 176 Å². The number of nitrogens with zero attached hydrogens (tertiary/aromatic N) is 1. The van der Waals surface area contributed by atoms with Crippen molar-refractivity contribution in [2.45, 2.75) is 109 Å². The molecular formula is C43H65N3. The third-order valence-corrected chi connectivity index (χ3v) is 6.92. The summed E-state index contributed by atoms with van der Waals surface area (Å²) in [6.45, 7) is 24.6. The standard InChI is InChI=1S/C13H17N.C11H16.C10H14.C8H14N2.CH4/c1-13(2,3)8-10-9-14-12-7-5-4-6-11(10)12;1-9(2)8-11-6-4-10(3)5-7-11;1-9(2)8-10-6-4-3-5-7-10;1-8(2,3)4-7-5-9-6-10-7;/h4-7,9,14H,8H2,1-3H3;4-7,9H,8H2,1-3H3;3-7,9H,8H2,1-2H3;5-6H,4H2,1-3H3,(H,9,10);1H4. The Balaban J connectivity index is 0.000000308. The van der Waals surface area contributed by atoms with Crippen LogP contribution < -0.4 is 0 Å². The Morgan fingerprint density at radius 3 is 1.65 bits per heavy atom. The van der Waals surface area contributed by atoms with E-state index in [-0.39, 0.29) is 7.43 Å². The highest BCUT2D eigenvalue weighted by molar-refractivity contribution is 5.83. The first kappa shape index (κ1) is 40.4. The van der Waals surface area contributed by atoms with Gasteiger partial charge in [0.05, 0.1) is 6.33 Å². The number of fused-ring (bicyclic) bond motifs is 1. The van der Waals surface area contributed by atoms with E-state index in [0.29, 0.717) is 10.8 Å². The number of benzene rings is 3. The van der Waals surface area contributed by atoms with Crippen molar-refractivity contribution in [3.63, 3.8) is 0 Å². The molecule has 0 saturated heterocycles. The van der Waals surface area contributed by atoms with E-state index in [9.17, 15) is 0 Å². The van der Waals surface area contributed by atoms with Crippen molar-refractivity contribution < 1.29 is 0 Å². The van der Waals surface area contributed by atoms with Gasteiger partial charge in [-0.1, -0.05) is 155 Å². The SMILES string of the molecule is C.CC(C)(C)Cc1c[nH]c2ccccc12.CC(C)(C)Cc1cnc[nH]1.CC(C)Cc1ccccc1.Cc1ccc(CC(C)C)cc1. The minimum absolute atomic E-state index is 0. The van der Waals surface area contributed by atoms with Gasteiger partial charge in [-0.2, -0.15) is 0 Å². The summed E-state index contributed by atoms with van der Waals surface area (Å²) in [4.78, 5) is 10.3. The van der Waals surface area contributed by atoms with Gasteiger partial charge in [0.15, 0.2) is 0 Å². The second-order valence-corrected chi connectivity index (χ2v) is 15.6. The van der Waals surface area contributed by atoms with E-state index in [1.165, 1.54) is 51.7 Å². The van der Waals surface area contributed by atoms with Gasteiger partial charge in [-0.25, -0.2) is 4.98 Å². The van der Waals surface area contributed by atoms with Gasteiger partial charge in [0.2, 0.25) is 0 Å². The lowest BCUT2D eigenvalue weighted by atomic mass is 9.88. The van der Waals surface area contributed by atoms with Crippen LogP contribution in [0.1, 0.15) is 105 Å². The summed E-state index contributed by atoms with van der Waals surface area (Å²) in [5.74, 6) is 1.53. The number of H-pyrrole nitrogens is 2. The highest BCUT2D eigenvalue weighted by Gasteiger charge is 2.14. The van der Waals surface area contributed by atoms with Crippen LogP contribution in [0.5, 0.6) is 0 Å². The van der Waals surface area contributed by atoms with Crippen LogP contribution in [0, 0.1) is 29.6 Å². The van der Waals surface area contributed by atoms with Gasteiger partial charge >= 0.3 is 0 Å². The Hall–Kier alpha value is -3.59. The molecule has 0 unspecified atom stereocenters. The highest BCUT2D eigenvalue weighted by atomic mass is 14.9. The molecule has 46 heavy (non-hydrogen) atoms. The van der Waals surface area contributed by atoms with Gasteiger partial charge < -0.3 is 9.97 Å². The number of para-hydroxylation sites is 1. The zero-order valence-electron chi connectivity index (χ0n) is 30.2. The number of nitrogens with one attached hydrogen (secondary N) is 2. The lowest BCUT2D eigenvalue weighted by Crippen LogP contribution is -2.09. The van der Waals surface area contributed by atoms with Gasteiger partial charge in [0.25, 0.3) is 0 Å². The zero-order valence-corrected chi connectivity index (χ0v) is 30.2. The maximum absolute atomic E-state index is 3.95. The van der Waals surface area contributed by atoms with Gasteiger partial charge in [0, 0.05) is 29.0 Å². The molecule has 0 aliphatic carbocycles. The molecule has 0 aliphatic rings. The van der Waals surface area contributed by atoms with Crippen molar-refractivity contribution in [2.24, 2.45) is 22.7 Å². The maximum Gasteiger partial charge on any atom is 0.0921 e. The molecule has 0 fully saturated rings. The first-order chi connectivity index (χ1) is 21.1. The Morgan fingerprint density at radius 2 is 1.15 bits per heavy atom. The minimum atomic E-state index is 0. The molecule has 0 saturated carbocycles. The number of rotatable bonds is 6. The van der Waals surface area contributed by atoms with Crippen molar-refractivity contribution in [3.05, 3.63) is 126 Å². The fourth-order valence-corrected chi connectivity index (χ4v) is 5.08. The van der Waals surface area contributed by atoms with Crippen molar-refractivity contribution in [2.75, 3.05) is 0 Å². The number of aryl methyl sites for hydroxylation is 1. The Kier molecular flexibility index (Phi) is 17.4. The largest absolute Gasteiger partial charge is 0.361 e. The summed E-state index contributed by atoms with van der Waals surface area (Å²) < 4.78 is 0. The van der Waals surface area contributed by atoms with E-state index >= 15 is 0 Å². The topological polar surface area (TPSA) is 44.5 Å². The molecule has 0 aliphatic heterocycles. The van der Waals surface area contributed by atoms with Crippen molar-refractivity contribution in [1.82, 2.24) is 15.0 Å². The molecule has 0 spiro atoms. The molecule has 5 rings (SSSR count). The molecule has 0 amide bonds. The third-order valence-electron chi connectivity index (χ3n) is 6.92. The van der Waals surface area contributed by atoms with E-state index in [1.807, 2.05) is 6.20 Å². The van der Waals surface area contributed by atoms with Crippen LogP contribution in [0.4, 0.5) is 0 Å². The average molecular weight is 624 g/mol. The number of aromatic amines is 2. The van der Waals surface area contributed by atoms with E-state index in [1.54, 1.807) is 6.33 Å². The van der Waals surface area contributed by atoms with Crippen LogP contribution in [0.3, 0.4) is 0 Å². The van der Waals surface area contributed by atoms with Crippen molar-refractivity contribution >= 4 is 10.9 Å². The lowest BCUT2D eigenvalue weighted by Gasteiger charge is -2.17. The molecule has 0 atom stereocenters. The second kappa shape index (κ2) is 19.8. The number of imidazole rings is 1. The monoisotopic (exact) mass is 624 g/mol. The summed E-state index contributed by atoms with van der Waals surface area (Å²) in [7, 11) is 0. The molecule has 3 nitrogen and oxygen atoms in total. The first-order valence-corrected chi connectivity index (χ1v) is 16.7. The maximum atomic E-state index is 3.95. The number of aromatic nitrogens is 3. The Labute approximate surface area is 282 Å². The normalized spacial score (nSPS) is 11.1. The molecular weight excluding hydrogens is 558 g/mol. The predicted molar refractivity (Wildman–Crippen MR) is 205 cm³/mol. The Morgan fingerprint density at radius 1 is 0.630 bits per heavy atom. The van der Waals surface area contributed by atoms with Gasteiger partial charge in [-0.3, -0.25) is 0 Å². The van der Waals surface area contributed by atoms with E-state index in [0.717, 1.165) is 24.7 Å². The third kappa shape index (κ3) is 17.8. The molecule has 252 valence electrons. The fourth-order valence-electron chi connectivity index (χ4n) is 5.08. The molecule has 3 heteroatoms. The van der Waals surface area contributed by atoms with E-state index in [4.69, 9.17) is 0 Å². The molecule has 5 aromatic rings. The summed E-state index contributed by atoms with van der Waals surface area (Å²) in [6.07, 6.45) is 10.3. The molecule has 0 radical (unpaired) electrons. The van der Waals surface area contributed by atoms with E-state index < -0.39 is 0 Å². The van der Waals surface area contributed by atoms with Crippen LogP contribution in [0.25, 0.3) is 10.9 Å². The number of hydrogen-bond acceptors (Lipinski definition) is 1. The summed E-state index contributed by atoms with van der Waals surface area (Å²) in [5, 5.41) is 1.36. The molecule has 3 aromatic carbocycles. The average Bonchev–Trinajstić information content (AvgIpc) is 3.59. The lowest BCUT2D eigenvalue weighted by molar-refractivity contribution is 0.407. The van der Waals surface area contributed by atoms with Crippen LogP contribution in [0.2, 0.25) is 0 Å². The van der Waals surface area contributed by atoms with Crippen molar-refractivity contribution in [1.29, 1.82) is 0 Å². The second-order valence-electron chi connectivity index (χ2n) is 15.6. The molecule has 2 heterocycles. The number of hydrogen-bond donors (Lipinski definition) is 2. The minimum Gasteiger partial charge on any atom is -0.361 e. The smallest absolute Gasteiger partial charge is 0.0921 e. The zero-order chi connectivity index (χ0) is 33.5.